The van der Waals surface area contributed by atoms with Crippen LogP contribution in [-0.4, -0.2) is 39.8 Å². The molecule has 0 heterocycles. The normalized spacial score (nSPS) is 13.8. The fourth-order valence-corrected chi connectivity index (χ4v) is 4.56. The molecule has 0 amide bonds. The first-order valence-electron chi connectivity index (χ1n) is 6.53. The Bertz CT molecular complexity index is 186. The molecule has 0 aliphatic rings. The Morgan fingerprint density at radius 3 is 2.00 bits per heavy atom. The van der Waals surface area contributed by atoms with Crippen LogP contribution in [0.5, 0.6) is 0 Å². The van der Waals surface area contributed by atoms with Gasteiger partial charge in [-0.2, -0.15) is 12.6 Å². The third-order valence-electron chi connectivity index (χ3n) is 3.12. The molecule has 1 unspecified atom stereocenters. The Hall–Kier alpha value is 1.18. The minimum absolute atomic E-state index is 0.497. The molecule has 0 fully saturated rings. The SMILES string of the molecule is CO[Si](CCCC(S)CCCCCI)(OC)OC. The highest BCUT2D eigenvalue weighted by atomic mass is 127. The largest absolute Gasteiger partial charge is 0.500 e. The van der Waals surface area contributed by atoms with Crippen LogP contribution in [0.3, 0.4) is 0 Å². The van der Waals surface area contributed by atoms with E-state index in [1.165, 1.54) is 30.1 Å². The lowest BCUT2D eigenvalue weighted by Gasteiger charge is -2.24. The molecule has 6 heteroatoms. The van der Waals surface area contributed by atoms with Crippen molar-refractivity contribution in [2.75, 3.05) is 25.8 Å². The van der Waals surface area contributed by atoms with Crippen molar-refractivity contribution in [2.45, 2.75) is 49.8 Å². The molecule has 0 rings (SSSR count). The van der Waals surface area contributed by atoms with Gasteiger partial charge < -0.3 is 13.3 Å². The molecule has 0 N–H and O–H groups in total. The average molecular weight is 406 g/mol. The molecule has 0 aliphatic carbocycles. The van der Waals surface area contributed by atoms with Gasteiger partial charge in [0.25, 0.3) is 0 Å². The van der Waals surface area contributed by atoms with Crippen LogP contribution in [0.15, 0.2) is 0 Å². The molecule has 0 aromatic rings. The molecule has 0 spiro atoms. The van der Waals surface area contributed by atoms with Crippen LogP contribution in [0.4, 0.5) is 0 Å². The molecule has 0 radical (unpaired) electrons. The van der Waals surface area contributed by atoms with Gasteiger partial charge >= 0.3 is 8.80 Å². The molecule has 0 aromatic carbocycles. The Kier molecular flexibility index (Phi) is 12.7. The maximum absolute atomic E-state index is 5.40. The number of hydrogen-bond acceptors (Lipinski definition) is 4. The number of unbranched alkanes of at least 4 members (excludes halogenated alkanes) is 2. The van der Waals surface area contributed by atoms with Gasteiger partial charge in [0.2, 0.25) is 0 Å². The first-order valence-corrected chi connectivity index (χ1v) is 10.5. The van der Waals surface area contributed by atoms with Crippen molar-refractivity contribution in [2.24, 2.45) is 0 Å². The molecule has 18 heavy (non-hydrogen) atoms. The van der Waals surface area contributed by atoms with E-state index in [-0.39, 0.29) is 0 Å². The molecule has 0 aromatic heterocycles. The van der Waals surface area contributed by atoms with E-state index in [9.17, 15) is 0 Å². The molecule has 0 saturated carbocycles. The van der Waals surface area contributed by atoms with Crippen molar-refractivity contribution in [3.05, 3.63) is 0 Å². The van der Waals surface area contributed by atoms with Crippen LogP contribution in [0, 0.1) is 0 Å². The van der Waals surface area contributed by atoms with Gasteiger partial charge in [-0.1, -0.05) is 35.4 Å². The summed E-state index contributed by atoms with van der Waals surface area (Å²) in [4.78, 5) is 0. The van der Waals surface area contributed by atoms with Gasteiger partial charge in [0, 0.05) is 32.6 Å². The predicted octanol–water partition coefficient (Wildman–Crippen LogP) is 3.94. The van der Waals surface area contributed by atoms with Crippen LogP contribution >= 0.6 is 35.2 Å². The summed E-state index contributed by atoms with van der Waals surface area (Å²) in [5.41, 5.74) is 0. The van der Waals surface area contributed by atoms with Crippen LogP contribution in [0.1, 0.15) is 38.5 Å². The highest BCUT2D eigenvalue weighted by molar-refractivity contribution is 14.1. The minimum atomic E-state index is -2.36. The molecule has 1 atom stereocenters. The Morgan fingerprint density at radius 1 is 0.944 bits per heavy atom. The zero-order chi connectivity index (χ0) is 13.9. The van der Waals surface area contributed by atoms with E-state index in [0.717, 1.165) is 18.9 Å². The van der Waals surface area contributed by atoms with Crippen LogP contribution < -0.4 is 0 Å². The molecule has 0 bridgehead atoms. The van der Waals surface area contributed by atoms with Crippen molar-refractivity contribution in [1.82, 2.24) is 0 Å². The summed E-state index contributed by atoms with van der Waals surface area (Å²) in [6, 6.07) is 0.876. The van der Waals surface area contributed by atoms with Gasteiger partial charge in [0.15, 0.2) is 0 Å². The van der Waals surface area contributed by atoms with E-state index in [1.807, 2.05) is 0 Å². The summed E-state index contributed by atoms with van der Waals surface area (Å²) in [6.07, 6.45) is 7.32. The molecule has 0 saturated heterocycles. The van der Waals surface area contributed by atoms with Crippen molar-refractivity contribution in [1.29, 1.82) is 0 Å². The second kappa shape index (κ2) is 12.0. The highest BCUT2D eigenvalue weighted by Crippen LogP contribution is 2.21. The van der Waals surface area contributed by atoms with Gasteiger partial charge in [-0.05, 0) is 30.1 Å². The van der Waals surface area contributed by atoms with E-state index >= 15 is 0 Å². The Labute approximate surface area is 132 Å². The topological polar surface area (TPSA) is 27.7 Å². The number of rotatable bonds is 12. The third kappa shape index (κ3) is 8.37. The average Bonchev–Trinajstić information content (AvgIpc) is 2.40. The second-order valence-corrected chi connectivity index (χ2v) is 9.28. The highest BCUT2D eigenvalue weighted by Gasteiger charge is 2.36. The summed E-state index contributed by atoms with van der Waals surface area (Å²) in [5.74, 6) is 0. The standard InChI is InChI=1S/C12H27IO3SSi/c1-14-18(15-2,16-3)11-7-9-12(17)8-5-4-6-10-13/h12,17H,4-11H2,1-3H3. The second-order valence-electron chi connectivity index (χ2n) is 4.38. The van der Waals surface area contributed by atoms with E-state index in [2.05, 4.69) is 35.2 Å². The van der Waals surface area contributed by atoms with E-state index in [1.54, 1.807) is 21.3 Å². The summed E-state index contributed by atoms with van der Waals surface area (Å²) in [6.45, 7) is 0. The van der Waals surface area contributed by atoms with Gasteiger partial charge in [-0.15, -0.1) is 0 Å². The molecule has 0 aliphatic heterocycles. The minimum Gasteiger partial charge on any atom is -0.377 e. The Morgan fingerprint density at radius 2 is 1.50 bits per heavy atom. The fraction of sp³-hybridized carbons (Fsp3) is 1.00. The summed E-state index contributed by atoms with van der Waals surface area (Å²) in [7, 11) is 2.64. The first-order chi connectivity index (χ1) is 8.64. The van der Waals surface area contributed by atoms with Crippen molar-refractivity contribution >= 4 is 44.0 Å². The lowest BCUT2D eigenvalue weighted by molar-refractivity contribution is 0.123. The van der Waals surface area contributed by atoms with Crippen LogP contribution in [0.2, 0.25) is 6.04 Å². The lowest BCUT2D eigenvalue weighted by Crippen LogP contribution is -2.42. The summed E-state index contributed by atoms with van der Waals surface area (Å²) >= 11 is 7.07. The van der Waals surface area contributed by atoms with Crippen molar-refractivity contribution in [3.8, 4) is 0 Å². The molecule has 110 valence electrons. The van der Waals surface area contributed by atoms with Crippen molar-refractivity contribution in [3.63, 3.8) is 0 Å². The zero-order valence-electron chi connectivity index (χ0n) is 11.8. The molecular weight excluding hydrogens is 379 g/mol. The summed E-state index contributed by atoms with van der Waals surface area (Å²) in [5, 5.41) is 0.497. The summed E-state index contributed by atoms with van der Waals surface area (Å²) < 4.78 is 17.5. The van der Waals surface area contributed by atoms with E-state index < -0.39 is 8.80 Å². The maximum Gasteiger partial charge on any atom is 0.500 e. The zero-order valence-corrected chi connectivity index (χ0v) is 15.8. The Balaban J connectivity index is 3.68. The fourth-order valence-electron chi connectivity index (χ4n) is 1.91. The van der Waals surface area contributed by atoms with Crippen molar-refractivity contribution < 1.29 is 13.3 Å². The van der Waals surface area contributed by atoms with Crippen LogP contribution in [0.25, 0.3) is 0 Å². The maximum atomic E-state index is 5.40. The number of alkyl halides is 1. The quantitative estimate of drug-likeness (QED) is 0.175. The van der Waals surface area contributed by atoms with E-state index in [4.69, 9.17) is 13.3 Å². The van der Waals surface area contributed by atoms with Gasteiger partial charge in [0.05, 0.1) is 0 Å². The third-order valence-corrected chi connectivity index (χ3v) is 7.24. The smallest absolute Gasteiger partial charge is 0.377 e. The van der Waals surface area contributed by atoms with E-state index in [0.29, 0.717) is 5.25 Å². The van der Waals surface area contributed by atoms with Gasteiger partial charge in [0.1, 0.15) is 0 Å². The number of hydrogen-bond donors (Lipinski definition) is 1. The lowest BCUT2D eigenvalue weighted by atomic mass is 10.1. The molecule has 3 nitrogen and oxygen atoms in total. The first kappa shape index (κ1) is 19.2. The van der Waals surface area contributed by atoms with Gasteiger partial charge in [-0.3, -0.25) is 0 Å². The monoisotopic (exact) mass is 406 g/mol. The number of thiol groups is 1. The number of halogens is 1. The predicted molar refractivity (Wildman–Crippen MR) is 91.0 cm³/mol. The molecular formula is C12H27IO3SSi. The van der Waals surface area contributed by atoms with Crippen LogP contribution in [-0.2, 0) is 13.3 Å². The van der Waals surface area contributed by atoms with Gasteiger partial charge in [-0.25, -0.2) is 0 Å².